The SMILES string of the molecule is CC(C)N(Cc1ccccc1)S(=O)(=O)c1ccc(C(=O)N(/N=C/c2ccc(Br)cc2)c2nc3ccc(F)cc3s2)cc1. The zero-order chi connectivity index (χ0) is 29.9. The van der Waals surface area contributed by atoms with Crippen LogP contribution < -0.4 is 5.01 Å². The highest BCUT2D eigenvalue weighted by Crippen LogP contribution is 2.31. The van der Waals surface area contributed by atoms with E-state index in [0.29, 0.717) is 10.2 Å². The molecule has 0 unspecified atom stereocenters. The van der Waals surface area contributed by atoms with Gasteiger partial charge in [-0.15, -0.1) is 0 Å². The molecule has 1 aromatic heterocycles. The third-order valence-electron chi connectivity index (χ3n) is 6.37. The number of anilines is 1. The Morgan fingerprint density at radius 3 is 2.36 bits per heavy atom. The number of benzene rings is 4. The van der Waals surface area contributed by atoms with Crippen molar-refractivity contribution < 1.29 is 17.6 Å². The van der Waals surface area contributed by atoms with Crippen molar-refractivity contribution in [1.29, 1.82) is 0 Å². The van der Waals surface area contributed by atoms with E-state index < -0.39 is 21.7 Å². The van der Waals surface area contributed by atoms with Crippen molar-refractivity contribution in [1.82, 2.24) is 9.29 Å². The Morgan fingerprint density at radius 2 is 1.69 bits per heavy atom. The van der Waals surface area contributed by atoms with E-state index in [9.17, 15) is 17.6 Å². The molecule has 1 amide bonds. The number of sulfonamides is 1. The molecule has 5 aromatic rings. The Kier molecular flexibility index (Phi) is 8.93. The Bertz CT molecular complexity index is 1840. The monoisotopic (exact) mass is 664 g/mol. The van der Waals surface area contributed by atoms with Crippen LogP contribution in [-0.4, -0.2) is 35.9 Å². The number of halogens is 2. The van der Waals surface area contributed by atoms with Gasteiger partial charge in [-0.1, -0.05) is 69.7 Å². The van der Waals surface area contributed by atoms with Gasteiger partial charge in [-0.25, -0.2) is 17.8 Å². The number of hydrogen-bond acceptors (Lipinski definition) is 6. The number of carbonyl (C=O) groups excluding carboxylic acids is 1. The van der Waals surface area contributed by atoms with E-state index in [2.05, 4.69) is 26.0 Å². The van der Waals surface area contributed by atoms with Gasteiger partial charge in [0.1, 0.15) is 5.82 Å². The molecule has 0 spiro atoms. The fourth-order valence-corrected chi connectivity index (χ4v) is 7.01. The molecule has 214 valence electrons. The third kappa shape index (κ3) is 6.65. The number of hydrogen-bond donors (Lipinski definition) is 0. The molecular weight excluding hydrogens is 639 g/mol. The van der Waals surface area contributed by atoms with E-state index in [1.165, 1.54) is 46.9 Å². The predicted octanol–water partition coefficient (Wildman–Crippen LogP) is 7.48. The highest BCUT2D eigenvalue weighted by Gasteiger charge is 2.28. The summed E-state index contributed by atoms with van der Waals surface area (Å²) in [7, 11) is -3.86. The van der Waals surface area contributed by atoms with Crippen LogP contribution >= 0.6 is 27.3 Å². The van der Waals surface area contributed by atoms with Gasteiger partial charge in [-0.3, -0.25) is 4.79 Å². The van der Waals surface area contributed by atoms with E-state index >= 15 is 0 Å². The summed E-state index contributed by atoms with van der Waals surface area (Å²) in [5.41, 5.74) is 2.36. The first-order chi connectivity index (χ1) is 20.1. The lowest BCUT2D eigenvalue weighted by atomic mass is 10.2. The van der Waals surface area contributed by atoms with Crippen molar-refractivity contribution in [3.63, 3.8) is 0 Å². The van der Waals surface area contributed by atoms with Crippen LogP contribution in [0.4, 0.5) is 9.52 Å². The molecule has 0 saturated carbocycles. The lowest BCUT2D eigenvalue weighted by Crippen LogP contribution is -2.36. The lowest BCUT2D eigenvalue weighted by molar-refractivity contribution is 0.0987. The van der Waals surface area contributed by atoms with E-state index in [4.69, 9.17) is 0 Å². The van der Waals surface area contributed by atoms with Crippen molar-refractivity contribution in [2.75, 3.05) is 5.01 Å². The molecular formula is C31H26BrFN4O3S2. The normalized spacial score (nSPS) is 12.0. The molecule has 1 heterocycles. The van der Waals surface area contributed by atoms with Crippen molar-refractivity contribution in [2.45, 2.75) is 31.3 Å². The fourth-order valence-electron chi connectivity index (χ4n) is 4.17. The molecule has 5 rings (SSSR count). The molecule has 0 aliphatic heterocycles. The summed E-state index contributed by atoms with van der Waals surface area (Å²) in [6.45, 7) is 3.87. The first kappa shape index (κ1) is 29.7. The van der Waals surface area contributed by atoms with Gasteiger partial charge in [-0.05, 0) is 79.6 Å². The van der Waals surface area contributed by atoms with Crippen LogP contribution in [0.1, 0.15) is 35.3 Å². The summed E-state index contributed by atoms with van der Waals surface area (Å²) >= 11 is 4.53. The van der Waals surface area contributed by atoms with E-state index in [1.807, 2.05) is 68.4 Å². The molecule has 0 fully saturated rings. The maximum absolute atomic E-state index is 13.8. The minimum Gasteiger partial charge on any atom is -0.267 e. The number of amides is 1. The average Bonchev–Trinajstić information content (AvgIpc) is 3.40. The Morgan fingerprint density at radius 1 is 1.00 bits per heavy atom. The Hall–Kier alpha value is -3.77. The largest absolute Gasteiger partial charge is 0.280 e. The van der Waals surface area contributed by atoms with Crippen LogP contribution in [-0.2, 0) is 16.6 Å². The molecule has 0 bridgehead atoms. The van der Waals surface area contributed by atoms with Gasteiger partial charge in [0.05, 0.1) is 21.3 Å². The molecule has 0 radical (unpaired) electrons. The molecule has 0 N–H and O–H groups in total. The second-order valence-corrected chi connectivity index (χ2v) is 13.5. The van der Waals surface area contributed by atoms with Gasteiger partial charge in [0, 0.05) is 22.6 Å². The second-order valence-electron chi connectivity index (χ2n) is 9.68. The summed E-state index contributed by atoms with van der Waals surface area (Å²) in [6, 6.07) is 26.4. The van der Waals surface area contributed by atoms with Crippen molar-refractivity contribution in [2.24, 2.45) is 5.10 Å². The zero-order valence-electron chi connectivity index (χ0n) is 22.7. The number of carbonyl (C=O) groups is 1. The van der Waals surface area contributed by atoms with Crippen LogP contribution in [0.5, 0.6) is 0 Å². The summed E-state index contributed by atoms with van der Waals surface area (Å²) in [4.78, 5) is 18.3. The maximum Gasteiger partial charge on any atom is 0.280 e. The van der Waals surface area contributed by atoms with Gasteiger partial charge in [-0.2, -0.15) is 14.4 Å². The van der Waals surface area contributed by atoms with Crippen molar-refractivity contribution in [3.8, 4) is 0 Å². The van der Waals surface area contributed by atoms with E-state index in [-0.39, 0.29) is 28.2 Å². The molecule has 4 aromatic carbocycles. The van der Waals surface area contributed by atoms with Gasteiger partial charge in [0.25, 0.3) is 5.91 Å². The highest BCUT2D eigenvalue weighted by atomic mass is 79.9. The lowest BCUT2D eigenvalue weighted by Gasteiger charge is -2.26. The number of nitrogens with zero attached hydrogens (tertiary/aromatic N) is 4. The Labute approximate surface area is 256 Å². The molecule has 0 saturated heterocycles. The first-order valence-electron chi connectivity index (χ1n) is 13.0. The molecule has 0 atom stereocenters. The van der Waals surface area contributed by atoms with Crippen LogP contribution in [0, 0.1) is 5.82 Å². The molecule has 0 aliphatic carbocycles. The molecule has 11 heteroatoms. The summed E-state index contributed by atoms with van der Waals surface area (Å²) < 4.78 is 43.9. The van der Waals surface area contributed by atoms with Gasteiger partial charge in [0.15, 0.2) is 0 Å². The topological polar surface area (TPSA) is 82.9 Å². The zero-order valence-corrected chi connectivity index (χ0v) is 25.9. The van der Waals surface area contributed by atoms with Crippen LogP contribution in [0.15, 0.2) is 112 Å². The summed E-state index contributed by atoms with van der Waals surface area (Å²) in [5, 5.41) is 5.82. The van der Waals surface area contributed by atoms with Crippen LogP contribution in [0.25, 0.3) is 10.2 Å². The summed E-state index contributed by atoms with van der Waals surface area (Å²) in [6.07, 6.45) is 1.53. The minimum atomic E-state index is -3.86. The van der Waals surface area contributed by atoms with Crippen molar-refractivity contribution in [3.05, 3.63) is 124 Å². The number of fused-ring (bicyclic) bond motifs is 1. The average molecular weight is 666 g/mol. The first-order valence-corrected chi connectivity index (χ1v) is 16.0. The van der Waals surface area contributed by atoms with Gasteiger partial charge >= 0.3 is 0 Å². The third-order valence-corrected chi connectivity index (χ3v) is 9.93. The number of hydrazone groups is 1. The smallest absolute Gasteiger partial charge is 0.267 e. The van der Waals surface area contributed by atoms with Crippen LogP contribution in [0.3, 0.4) is 0 Å². The minimum absolute atomic E-state index is 0.0732. The van der Waals surface area contributed by atoms with E-state index in [0.717, 1.165) is 31.9 Å². The quantitative estimate of drug-likeness (QED) is 0.121. The maximum atomic E-state index is 13.8. The van der Waals surface area contributed by atoms with Crippen molar-refractivity contribution >= 4 is 64.8 Å². The number of aromatic nitrogens is 1. The molecule has 42 heavy (non-hydrogen) atoms. The molecule has 7 nitrogen and oxygen atoms in total. The highest BCUT2D eigenvalue weighted by molar-refractivity contribution is 9.10. The number of thiazole rings is 1. The standard InChI is InChI=1S/C31H26BrFN4O3S2/c1-21(2)36(20-23-6-4-3-5-7-23)42(39,40)27-15-10-24(11-16-27)30(38)37(34-19-22-8-12-25(32)13-9-22)31-35-28-17-14-26(33)18-29(28)41-31/h3-19,21H,20H2,1-2H3/b34-19+. The van der Waals surface area contributed by atoms with E-state index in [1.54, 1.807) is 6.07 Å². The van der Waals surface area contributed by atoms with Crippen LogP contribution in [0.2, 0.25) is 0 Å². The predicted molar refractivity (Wildman–Crippen MR) is 169 cm³/mol. The van der Waals surface area contributed by atoms with Gasteiger partial charge < -0.3 is 0 Å². The second kappa shape index (κ2) is 12.6. The Balaban J connectivity index is 1.46. The fraction of sp³-hybridized carbons (Fsp3) is 0.129. The van der Waals surface area contributed by atoms with Gasteiger partial charge in [0.2, 0.25) is 15.2 Å². The summed E-state index contributed by atoms with van der Waals surface area (Å²) in [5.74, 6) is -0.926. The number of rotatable bonds is 9. The molecule has 0 aliphatic rings.